The smallest absolute Gasteiger partial charge is 0.146 e. The zero-order valence-corrected chi connectivity index (χ0v) is 13.7. The van der Waals surface area contributed by atoms with Crippen molar-refractivity contribution in [2.75, 3.05) is 6.61 Å². The van der Waals surface area contributed by atoms with E-state index in [1.165, 1.54) is 24.8 Å². The average molecular weight is 312 g/mol. The van der Waals surface area contributed by atoms with Gasteiger partial charge in [-0.05, 0) is 37.3 Å². The molecule has 1 saturated carbocycles. The molecule has 1 aromatic carbocycles. The van der Waals surface area contributed by atoms with Gasteiger partial charge in [-0.3, -0.25) is 0 Å². The fraction of sp³-hybridized carbons (Fsp3) is 0.556. The lowest BCUT2D eigenvalue weighted by Crippen LogP contribution is -2.34. The van der Waals surface area contributed by atoms with Gasteiger partial charge in [-0.1, -0.05) is 24.6 Å². The van der Waals surface area contributed by atoms with Gasteiger partial charge in [-0.25, -0.2) is 0 Å². The number of benzene rings is 1. The molecule has 2 aromatic rings. The van der Waals surface area contributed by atoms with Crippen molar-refractivity contribution in [3.63, 3.8) is 0 Å². The molecule has 5 heteroatoms. The van der Waals surface area contributed by atoms with Gasteiger partial charge in [-0.2, -0.15) is 0 Å². The van der Waals surface area contributed by atoms with E-state index in [-0.39, 0.29) is 0 Å². The number of ether oxygens (including phenoxy) is 1. The number of rotatable bonds is 4. The highest BCUT2D eigenvalue weighted by molar-refractivity contribution is 5.34. The summed E-state index contributed by atoms with van der Waals surface area (Å²) < 4.78 is 8.11. The van der Waals surface area contributed by atoms with Crippen LogP contribution in [0.1, 0.15) is 48.8 Å². The largest absolute Gasteiger partial charge is 0.492 e. The molecule has 1 fully saturated rings. The fourth-order valence-corrected chi connectivity index (χ4v) is 3.40. The Morgan fingerprint density at radius 2 is 2.09 bits per heavy atom. The summed E-state index contributed by atoms with van der Waals surface area (Å²) in [4.78, 5) is 0. The molecular formula is C18H24N4O. The van der Waals surface area contributed by atoms with E-state index in [2.05, 4.69) is 45.3 Å². The Hall–Kier alpha value is -1.88. The molecule has 1 aliphatic carbocycles. The third-order valence-corrected chi connectivity index (χ3v) is 5.19. The normalized spacial score (nSPS) is 21.2. The number of hydrogen-bond acceptors (Lipinski definition) is 4. The molecule has 1 atom stereocenters. The third-order valence-electron chi connectivity index (χ3n) is 5.19. The first kappa shape index (κ1) is 14.7. The van der Waals surface area contributed by atoms with E-state index in [1.54, 1.807) is 0 Å². The van der Waals surface area contributed by atoms with Crippen molar-refractivity contribution in [3.8, 4) is 5.75 Å². The van der Waals surface area contributed by atoms with Gasteiger partial charge in [0.05, 0.1) is 6.54 Å². The molecule has 2 aliphatic rings. The van der Waals surface area contributed by atoms with E-state index < -0.39 is 0 Å². The van der Waals surface area contributed by atoms with Crippen LogP contribution in [0.5, 0.6) is 5.75 Å². The molecule has 0 radical (unpaired) electrons. The van der Waals surface area contributed by atoms with Crippen molar-refractivity contribution < 1.29 is 4.74 Å². The first-order valence-electron chi connectivity index (χ1n) is 8.63. The Morgan fingerprint density at radius 3 is 2.91 bits per heavy atom. The highest BCUT2D eigenvalue weighted by Crippen LogP contribution is 2.35. The Kier molecular flexibility index (Phi) is 4.04. The van der Waals surface area contributed by atoms with Crippen LogP contribution < -0.4 is 10.1 Å². The topological polar surface area (TPSA) is 52.0 Å². The highest BCUT2D eigenvalue weighted by atomic mass is 16.5. The minimum absolute atomic E-state index is 0.353. The number of nitrogens with one attached hydrogen (secondary N) is 1. The summed E-state index contributed by atoms with van der Waals surface area (Å²) >= 11 is 0. The predicted molar refractivity (Wildman–Crippen MR) is 88.5 cm³/mol. The van der Waals surface area contributed by atoms with Crippen LogP contribution in [-0.4, -0.2) is 27.4 Å². The van der Waals surface area contributed by atoms with Gasteiger partial charge in [0.25, 0.3) is 0 Å². The molecule has 1 N–H and O–H groups in total. The molecule has 4 rings (SSSR count). The first-order valence-corrected chi connectivity index (χ1v) is 8.63. The van der Waals surface area contributed by atoms with Crippen LogP contribution in [0.4, 0.5) is 0 Å². The monoisotopic (exact) mass is 312 g/mol. The van der Waals surface area contributed by atoms with Crippen LogP contribution in [0, 0.1) is 0 Å². The van der Waals surface area contributed by atoms with Gasteiger partial charge in [-0.15, -0.1) is 10.2 Å². The Labute approximate surface area is 137 Å². The van der Waals surface area contributed by atoms with Crippen LogP contribution >= 0.6 is 0 Å². The Balaban J connectivity index is 1.36. The van der Waals surface area contributed by atoms with E-state index in [1.807, 2.05) is 6.07 Å². The zero-order valence-electron chi connectivity index (χ0n) is 13.7. The van der Waals surface area contributed by atoms with Crippen molar-refractivity contribution in [1.29, 1.82) is 0 Å². The maximum absolute atomic E-state index is 5.94. The number of fused-ring (bicyclic) bond motifs is 1. The lowest BCUT2D eigenvalue weighted by molar-refractivity contribution is 0.266. The maximum atomic E-state index is 5.94. The Morgan fingerprint density at radius 1 is 1.22 bits per heavy atom. The van der Waals surface area contributed by atoms with Crippen molar-refractivity contribution in [2.24, 2.45) is 7.05 Å². The summed E-state index contributed by atoms with van der Waals surface area (Å²) in [6.45, 7) is 1.46. The van der Waals surface area contributed by atoms with Gasteiger partial charge in [0, 0.05) is 19.0 Å². The number of hydrogen-bond donors (Lipinski definition) is 1. The van der Waals surface area contributed by atoms with Crippen LogP contribution in [0.25, 0.3) is 0 Å². The van der Waals surface area contributed by atoms with Gasteiger partial charge in [0.1, 0.15) is 24.0 Å². The highest BCUT2D eigenvalue weighted by Gasteiger charge is 2.25. The van der Waals surface area contributed by atoms with Crippen LogP contribution in [-0.2, 0) is 20.0 Å². The van der Waals surface area contributed by atoms with Crippen LogP contribution in [0.2, 0.25) is 0 Å². The number of aromatic nitrogens is 3. The number of aryl methyl sites for hydroxylation is 1. The second-order valence-corrected chi connectivity index (χ2v) is 6.70. The number of nitrogens with zero attached hydrogens (tertiary/aromatic N) is 3. The number of para-hydroxylation sites is 1. The standard InChI is InChI=1S/C18H24N4O/c1-22-17(20-21-18(22)14-6-4-7-14)11-19-15-10-9-13-5-2-3-8-16(13)23-12-15/h2-3,5,8,14-15,19H,4,6-7,9-12H2,1H3. The fourth-order valence-electron chi connectivity index (χ4n) is 3.40. The minimum Gasteiger partial charge on any atom is -0.492 e. The molecule has 0 spiro atoms. The van der Waals surface area contributed by atoms with E-state index in [0.717, 1.165) is 36.8 Å². The molecule has 5 nitrogen and oxygen atoms in total. The molecule has 0 bridgehead atoms. The molecule has 23 heavy (non-hydrogen) atoms. The van der Waals surface area contributed by atoms with Gasteiger partial charge >= 0.3 is 0 Å². The van der Waals surface area contributed by atoms with E-state index in [0.29, 0.717) is 18.6 Å². The molecule has 0 saturated heterocycles. The van der Waals surface area contributed by atoms with Gasteiger partial charge in [0.2, 0.25) is 0 Å². The molecule has 1 aromatic heterocycles. The molecule has 1 aliphatic heterocycles. The second kappa shape index (κ2) is 6.32. The summed E-state index contributed by atoms with van der Waals surface area (Å²) in [6.07, 6.45) is 5.98. The van der Waals surface area contributed by atoms with Crippen molar-refractivity contribution in [2.45, 2.75) is 50.6 Å². The van der Waals surface area contributed by atoms with Crippen molar-refractivity contribution in [3.05, 3.63) is 41.5 Å². The summed E-state index contributed by atoms with van der Waals surface area (Å²) in [5.41, 5.74) is 1.31. The first-order chi connectivity index (χ1) is 11.3. The zero-order chi connectivity index (χ0) is 15.6. The van der Waals surface area contributed by atoms with E-state index in [4.69, 9.17) is 4.74 Å². The summed E-state index contributed by atoms with van der Waals surface area (Å²) in [7, 11) is 2.09. The quantitative estimate of drug-likeness (QED) is 0.943. The molecule has 122 valence electrons. The lowest BCUT2D eigenvalue weighted by atomic mass is 9.85. The minimum atomic E-state index is 0.353. The average Bonchev–Trinajstić information content (AvgIpc) is 2.76. The SMILES string of the molecule is Cn1c(CNC2CCc3ccccc3OC2)nnc1C1CCC1. The summed E-state index contributed by atoms with van der Waals surface area (Å²) in [6, 6.07) is 8.69. The Bertz CT molecular complexity index is 650. The van der Waals surface area contributed by atoms with E-state index >= 15 is 0 Å². The van der Waals surface area contributed by atoms with Crippen molar-refractivity contribution >= 4 is 0 Å². The molecular weight excluding hydrogens is 288 g/mol. The van der Waals surface area contributed by atoms with Gasteiger partial charge in [0.15, 0.2) is 0 Å². The molecule has 1 unspecified atom stereocenters. The van der Waals surface area contributed by atoms with E-state index in [9.17, 15) is 0 Å². The van der Waals surface area contributed by atoms with Crippen molar-refractivity contribution in [1.82, 2.24) is 20.1 Å². The molecule has 2 heterocycles. The van der Waals surface area contributed by atoms with Crippen LogP contribution in [0.15, 0.2) is 24.3 Å². The summed E-state index contributed by atoms with van der Waals surface area (Å²) in [5.74, 6) is 3.82. The molecule has 0 amide bonds. The maximum Gasteiger partial charge on any atom is 0.146 e. The third kappa shape index (κ3) is 2.98. The lowest BCUT2D eigenvalue weighted by Gasteiger charge is -2.24. The van der Waals surface area contributed by atoms with Gasteiger partial charge < -0.3 is 14.6 Å². The van der Waals surface area contributed by atoms with Crippen LogP contribution in [0.3, 0.4) is 0 Å². The predicted octanol–water partition coefficient (Wildman–Crippen LogP) is 2.57. The summed E-state index contributed by atoms with van der Waals surface area (Å²) in [5, 5.41) is 12.4. The second-order valence-electron chi connectivity index (χ2n) is 6.70.